The van der Waals surface area contributed by atoms with E-state index in [0.717, 1.165) is 0 Å². The van der Waals surface area contributed by atoms with Gasteiger partial charge in [0.15, 0.2) is 0 Å². The first kappa shape index (κ1) is 11.9. The molecule has 0 bridgehead atoms. The molecule has 0 fully saturated rings. The predicted molar refractivity (Wildman–Crippen MR) is 51.8 cm³/mol. The lowest BCUT2D eigenvalue weighted by Crippen LogP contribution is -2.27. The fourth-order valence-electron chi connectivity index (χ4n) is 1.23. The Morgan fingerprint density at radius 1 is 1.33 bits per heavy atom. The zero-order valence-corrected chi connectivity index (χ0v) is 8.07. The Bertz CT molecular complexity index is 307. The van der Waals surface area contributed by atoms with Crippen LogP contribution in [0.4, 0.5) is 8.78 Å². The minimum absolute atomic E-state index is 0.108. The zero-order valence-electron chi connectivity index (χ0n) is 8.07. The monoisotopic (exact) mass is 217 g/mol. The Hall–Kier alpha value is -1.20. The number of ether oxygens (including phenoxy) is 1. The number of nitrogens with two attached hydrogens (primary N) is 1. The Balaban J connectivity index is 2.76. The summed E-state index contributed by atoms with van der Waals surface area (Å²) in [7, 11) is 0. The number of benzene rings is 1. The summed E-state index contributed by atoms with van der Waals surface area (Å²) in [4.78, 5) is 0. The summed E-state index contributed by atoms with van der Waals surface area (Å²) in [5.74, 6) is 0.108. The van der Waals surface area contributed by atoms with E-state index in [4.69, 9.17) is 10.8 Å². The molecule has 3 nitrogen and oxygen atoms in total. The summed E-state index contributed by atoms with van der Waals surface area (Å²) in [5, 5.41) is 8.75. The van der Waals surface area contributed by atoms with Gasteiger partial charge in [-0.05, 0) is 18.1 Å². The van der Waals surface area contributed by atoms with E-state index in [2.05, 4.69) is 4.74 Å². The third-order valence-corrected chi connectivity index (χ3v) is 1.91. The van der Waals surface area contributed by atoms with Crippen LogP contribution in [-0.2, 0) is 6.42 Å². The van der Waals surface area contributed by atoms with Crippen LogP contribution in [0.5, 0.6) is 5.75 Å². The number of aliphatic hydroxyl groups excluding tert-OH is 1. The van der Waals surface area contributed by atoms with Crippen molar-refractivity contribution in [3.63, 3.8) is 0 Å². The summed E-state index contributed by atoms with van der Waals surface area (Å²) in [6, 6.07) is 5.94. The Morgan fingerprint density at radius 3 is 2.60 bits per heavy atom. The molecule has 0 radical (unpaired) electrons. The van der Waals surface area contributed by atoms with Crippen LogP contribution < -0.4 is 10.5 Å². The highest BCUT2D eigenvalue weighted by Gasteiger charge is 2.11. The van der Waals surface area contributed by atoms with Crippen molar-refractivity contribution in [2.24, 2.45) is 5.73 Å². The molecule has 84 valence electrons. The zero-order chi connectivity index (χ0) is 11.3. The summed E-state index contributed by atoms with van der Waals surface area (Å²) in [6.07, 6.45) is 0.305. The second-order valence-corrected chi connectivity index (χ2v) is 3.13. The van der Waals surface area contributed by atoms with Gasteiger partial charge < -0.3 is 15.6 Å². The molecular weight excluding hydrogens is 204 g/mol. The summed E-state index contributed by atoms with van der Waals surface area (Å²) < 4.78 is 28.4. The lowest BCUT2D eigenvalue weighted by atomic mass is 10.1. The highest BCUT2D eigenvalue weighted by molar-refractivity contribution is 5.33. The molecule has 3 N–H and O–H groups in total. The number of hydrogen-bond donors (Lipinski definition) is 2. The van der Waals surface area contributed by atoms with Gasteiger partial charge in [-0.3, -0.25) is 0 Å². The normalized spacial score (nSPS) is 12.9. The summed E-state index contributed by atoms with van der Waals surface area (Å²) in [5.41, 5.74) is 6.08. The fraction of sp³-hybridized carbons (Fsp3) is 0.400. The van der Waals surface area contributed by atoms with E-state index >= 15 is 0 Å². The number of halogens is 2. The first-order chi connectivity index (χ1) is 7.13. The average Bonchev–Trinajstić information content (AvgIpc) is 2.20. The van der Waals surface area contributed by atoms with E-state index in [9.17, 15) is 8.78 Å². The smallest absolute Gasteiger partial charge is 0.387 e. The van der Waals surface area contributed by atoms with Gasteiger partial charge in [-0.1, -0.05) is 18.2 Å². The predicted octanol–water partition coefficient (Wildman–Crippen LogP) is 1.15. The van der Waals surface area contributed by atoms with Crippen LogP contribution in [0.3, 0.4) is 0 Å². The third kappa shape index (κ3) is 3.81. The number of aliphatic hydroxyl groups is 1. The Kier molecular flexibility index (Phi) is 4.45. The number of alkyl halides is 2. The second kappa shape index (κ2) is 5.63. The third-order valence-electron chi connectivity index (χ3n) is 1.91. The van der Waals surface area contributed by atoms with Gasteiger partial charge in [-0.2, -0.15) is 8.78 Å². The highest BCUT2D eigenvalue weighted by atomic mass is 19.3. The molecule has 0 aliphatic carbocycles. The molecule has 1 unspecified atom stereocenters. The van der Waals surface area contributed by atoms with E-state index in [1.165, 1.54) is 6.07 Å². The lowest BCUT2D eigenvalue weighted by Gasteiger charge is -2.13. The van der Waals surface area contributed by atoms with Crippen LogP contribution in [0.25, 0.3) is 0 Å². The first-order valence-corrected chi connectivity index (χ1v) is 4.52. The number of para-hydroxylation sites is 1. The summed E-state index contributed by atoms with van der Waals surface area (Å²) >= 11 is 0. The molecule has 0 heterocycles. The molecule has 1 aromatic carbocycles. The van der Waals surface area contributed by atoms with Gasteiger partial charge in [0.1, 0.15) is 5.75 Å². The van der Waals surface area contributed by atoms with Crippen LogP contribution >= 0.6 is 0 Å². The molecule has 0 saturated heterocycles. The quantitative estimate of drug-likeness (QED) is 0.777. The van der Waals surface area contributed by atoms with Gasteiger partial charge in [0.25, 0.3) is 0 Å². The molecule has 15 heavy (non-hydrogen) atoms. The number of hydrogen-bond acceptors (Lipinski definition) is 3. The van der Waals surface area contributed by atoms with Crippen molar-refractivity contribution in [2.75, 3.05) is 6.61 Å². The maximum absolute atomic E-state index is 12.0. The average molecular weight is 217 g/mol. The molecular formula is C10H13F2NO2. The van der Waals surface area contributed by atoms with Crippen LogP contribution in [0, 0.1) is 0 Å². The van der Waals surface area contributed by atoms with Gasteiger partial charge >= 0.3 is 6.61 Å². The Morgan fingerprint density at radius 2 is 2.00 bits per heavy atom. The minimum atomic E-state index is -2.85. The highest BCUT2D eigenvalue weighted by Crippen LogP contribution is 2.21. The molecule has 0 aliphatic heterocycles. The largest absolute Gasteiger partial charge is 0.435 e. The maximum atomic E-state index is 12.0. The van der Waals surface area contributed by atoms with Crippen LogP contribution in [0.1, 0.15) is 5.56 Å². The van der Waals surface area contributed by atoms with Crippen molar-refractivity contribution in [1.29, 1.82) is 0 Å². The van der Waals surface area contributed by atoms with Crippen LogP contribution in [0.15, 0.2) is 24.3 Å². The first-order valence-electron chi connectivity index (χ1n) is 4.52. The van der Waals surface area contributed by atoms with Crippen molar-refractivity contribution in [3.8, 4) is 5.75 Å². The van der Waals surface area contributed by atoms with Crippen LogP contribution in [0.2, 0.25) is 0 Å². The minimum Gasteiger partial charge on any atom is -0.435 e. The van der Waals surface area contributed by atoms with Crippen molar-refractivity contribution in [1.82, 2.24) is 0 Å². The van der Waals surface area contributed by atoms with Crippen molar-refractivity contribution >= 4 is 0 Å². The molecule has 1 aromatic rings. The standard InChI is InChI=1S/C10H13F2NO2/c11-10(12)15-9-4-2-1-3-7(9)5-8(13)6-14/h1-4,8,10,14H,5-6,13H2. The van der Waals surface area contributed by atoms with Crippen molar-refractivity contribution in [2.45, 2.75) is 19.1 Å². The molecule has 0 amide bonds. The van der Waals surface area contributed by atoms with Crippen LogP contribution in [-0.4, -0.2) is 24.4 Å². The van der Waals surface area contributed by atoms with Crippen molar-refractivity contribution < 1.29 is 18.6 Å². The van der Waals surface area contributed by atoms with Crippen molar-refractivity contribution in [3.05, 3.63) is 29.8 Å². The van der Waals surface area contributed by atoms with Gasteiger partial charge in [-0.15, -0.1) is 0 Å². The topological polar surface area (TPSA) is 55.5 Å². The summed E-state index contributed by atoms with van der Waals surface area (Å²) in [6.45, 7) is -3.04. The lowest BCUT2D eigenvalue weighted by molar-refractivity contribution is -0.0505. The van der Waals surface area contributed by atoms with Gasteiger partial charge in [0.2, 0.25) is 0 Å². The molecule has 1 atom stereocenters. The molecule has 0 aromatic heterocycles. The maximum Gasteiger partial charge on any atom is 0.387 e. The van der Waals surface area contributed by atoms with E-state index in [-0.39, 0.29) is 12.4 Å². The number of rotatable bonds is 5. The molecule has 1 rings (SSSR count). The van der Waals surface area contributed by atoms with Gasteiger partial charge in [0, 0.05) is 6.04 Å². The van der Waals surface area contributed by atoms with Gasteiger partial charge in [0.05, 0.1) is 6.61 Å². The van der Waals surface area contributed by atoms with E-state index < -0.39 is 12.7 Å². The van der Waals surface area contributed by atoms with Gasteiger partial charge in [-0.25, -0.2) is 0 Å². The molecule has 0 aliphatic rings. The molecule has 0 spiro atoms. The van der Waals surface area contributed by atoms with E-state index in [1.54, 1.807) is 18.2 Å². The van der Waals surface area contributed by atoms with E-state index in [1.807, 2.05) is 0 Å². The fourth-order valence-corrected chi connectivity index (χ4v) is 1.23. The van der Waals surface area contributed by atoms with E-state index in [0.29, 0.717) is 12.0 Å². The SMILES string of the molecule is NC(CO)Cc1ccccc1OC(F)F. The Labute approximate surface area is 86.5 Å². The molecule has 0 saturated carbocycles. The molecule has 5 heteroatoms. The second-order valence-electron chi connectivity index (χ2n) is 3.13.